The quantitative estimate of drug-likeness (QED) is 0.191. The second-order valence-corrected chi connectivity index (χ2v) is 5.32. The first-order valence-electron chi connectivity index (χ1n) is 7.22. The molecular formula is C14H17F9O2. The molecule has 0 amide bonds. The Morgan fingerprint density at radius 2 is 1.16 bits per heavy atom. The third kappa shape index (κ3) is 7.55. The topological polar surface area (TPSA) is 26.3 Å². The van der Waals surface area contributed by atoms with Crippen LogP contribution in [0.4, 0.5) is 39.5 Å². The lowest BCUT2D eigenvalue weighted by Crippen LogP contribution is -2.44. The minimum Gasteiger partial charge on any atom is -0.393 e. The molecule has 0 spiro atoms. The number of hydrogen-bond donors (Lipinski definition) is 0. The van der Waals surface area contributed by atoms with Gasteiger partial charge >= 0.3 is 30.1 Å². The van der Waals surface area contributed by atoms with E-state index in [1.54, 1.807) is 0 Å². The lowest BCUT2D eigenvalue weighted by molar-refractivity contribution is -0.330. The molecule has 0 fully saturated rings. The summed E-state index contributed by atoms with van der Waals surface area (Å²) < 4.78 is 117. The first-order valence-corrected chi connectivity index (χ1v) is 7.22. The van der Waals surface area contributed by atoms with Crippen LogP contribution in [0, 0.1) is 0 Å². The summed E-state index contributed by atoms with van der Waals surface area (Å²) in [5, 5.41) is 0. The molecule has 0 N–H and O–H groups in total. The molecule has 0 rings (SSSR count). The van der Waals surface area contributed by atoms with Crippen molar-refractivity contribution in [3.05, 3.63) is 12.7 Å². The molecule has 0 aromatic carbocycles. The molecule has 0 atom stereocenters. The number of rotatable bonds is 11. The first-order chi connectivity index (χ1) is 11.2. The number of halogens is 9. The molecule has 0 aliphatic rings. The third-order valence-electron chi connectivity index (χ3n) is 3.22. The second-order valence-electron chi connectivity index (χ2n) is 5.32. The Kier molecular flexibility index (Phi) is 8.29. The molecule has 0 radical (unpaired) electrons. The third-order valence-corrected chi connectivity index (χ3v) is 3.22. The van der Waals surface area contributed by atoms with Crippen molar-refractivity contribution in [2.24, 2.45) is 0 Å². The van der Waals surface area contributed by atoms with Gasteiger partial charge in [-0.05, 0) is 12.8 Å². The highest BCUT2D eigenvalue weighted by molar-refractivity contribution is 5.81. The number of ether oxygens (including phenoxy) is 1. The Labute approximate surface area is 138 Å². The summed E-state index contributed by atoms with van der Waals surface area (Å²) in [4.78, 5) is 10.6. The Hall–Kier alpha value is -1.42. The van der Waals surface area contributed by atoms with Crippen molar-refractivity contribution in [3.63, 3.8) is 0 Å². The highest BCUT2D eigenvalue weighted by atomic mass is 19.4. The Morgan fingerprint density at radius 3 is 1.56 bits per heavy atom. The Morgan fingerprint density at radius 1 is 0.760 bits per heavy atom. The van der Waals surface area contributed by atoms with Gasteiger partial charge in [0.05, 0.1) is 0 Å². The number of esters is 1. The van der Waals surface area contributed by atoms with E-state index in [2.05, 4.69) is 11.3 Å². The zero-order valence-corrected chi connectivity index (χ0v) is 13.0. The highest BCUT2D eigenvalue weighted by Crippen LogP contribution is 2.40. The van der Waals surface area contributed by atoms with Crippen LogP contribution in [0.5, 0.6) is 0 Å². The minimum atomic E-state index is -5.65. The molecular weight excluding hydrogens is 371 g/mol. The Bertz CT molecular complexity index is 444. The van der Waals surface area contributed by atoms with Crippen LogP contribution >= 0.6 is 0 Å². The fourth-order valence-electron chi connectivity index (χ4n) is 1.75. The van der Waals surface area contributed by atoms with Gasteiger partial charge in [0.2, 0.25) is 0 Å². The van der Waals surface area contributed by atoms with Crippen LogP contribution in [0.3, 0.4) is 0 Å². The van der Waals surface area contributed by atoms with Gasteiger partial charge in [-0.2, -0.15) is 39.5 Å². The highest BCUT2D eigenvalue weighted by Gasteiger charge is 2.59. The summed E-state index contributed by atoms with van der Waals surface area (Å²) in [7, 11) is 0. The van der Waals surface area contributed by atoms with Crippen LogP contribution in [0.15, 0.2) is 12.7 Å². The maximum absolute atomic E-state index is 13.3. The smallest absolute Gasteiger partial charge is 0.393 e. The van der Waals surface area contributed by atoms with Crippen LogP contribution in [0.25, 0.3) is 0 Å². The SMILES string of the molecule is C=CC(=O)OC(F)(F)C(F)(F)CCCCCCCC(F)(F)C(F)(F)F. The zero-order chi connectivity index (χ0) is 19.9. The fraction of sp³-hybridized carbons (Fsp3) is 0.786. The second kappa shape index (κ2) is 8.79. The van der Waals surface area contributed by atoms with Gasteiger partial charge in [0.15, 0.2) is 0 Å². The molecule has 148 valence electrons. The first kappa shape index (κ1) is 23.6. The van der Waals surface area contributed by atoms with Crippen molar-refractivity contribution in [2.45, 2.75) is 69.1 Å². The van der Waals surface area contributed by atoms with Crippen molar-refractivity contribution in [1.82, 2.24) is 0 Å². The van der Waals surface area contributed by atoms with Gasteiger partial charge in [-0.1, -0.05) is 25.8 Å². The summed E-state index contributed by atoms with van der Waals surface area (Å²) in [6.45, 7) is 2.79. The molecule has 0 aromatic rings. The summed E-state index contributed by atoms with van der Waals surface area (Å²) in [5.41, 5.74) is 0. The van der Waals surface area contributed by atoms with E-state index in [0.29, 0.717) is 6.08 Å². The average molecular weight is 388 g/mol. The standard InChI is InChI=1S/C14H17F9O2/c1-2-10(24)25-14(22,23)12(17,18)9-7-5-3-4-6-8-11(15,16)13(19,20)21/h2H,1,3-9H2. The lowest BCUT2D eigenvalue weighted by atomic mass is 10.0. The van der Waals surface area contributed by atoms with Gasteiger partial charge in [-0.25, -0.2) is 4.79 Å². The van der Waals surface area contributed by atoms with Gasteiger partial charge in [0, 0.05) is 18.9 Å². The summed E-state index contributed by atoms with van der Waals surface area (Å²) in [5.74, 6) is -11.2. The number of carbonyl (C=O) groups is 1. The molecule has 11 heteroatoms. The van der Waals surface area contributed by atoms with E-state index in [-0.39, 0.29) is 19.3 Å². The number of hydrogen-bond acceptors (Lipinski definition) is 2. The van der Waals surface area contributed by atoms with Crippen LogP contribution in [0.2, 0.25) is 0 Å². The van der Waals surface area contributed by atoms with Crippen LogP contribution in [0.1, 0.15) is 44.9 Å². The fourth-order valence-corrected chi connectivity index (χ4v) is 1.75. The van der Waals surface area contributed by atoms with E-state index in [1.807, 2.05) is 0 Å². The summed E-state index contributed by atoms with van der Waals surface area (Å²) >= 11 is 0. The van der Waals surface area contributed by atoms with Gasteiger partial charge in [-0.15, -0.1) is 0 Å². The molecule has 0 aliphatic heterocycles. The zero-order valence-electron chi connectivity index (χ0n) is 13.0. The maximum Gasteiger partial charge on any atom is 0.466 e. The van der Waals surface area contributed by atoms with Gasteiger partial charge < -0.3 is 4.74 Å². The summed E-state index contributed by atoms with van der Waals surface area (Å²) in [6, 6.07) is 0. The van der Waals surface area contributed by atoms with Crippen molar-refractivity contribution in [3.8, 4) is 0 Å². The average Bonchev–Trinajstić information content (AvgIpc) is 2.44. The van der Waals surface area contributed by atoms with Crippen molar-refractivity contribution < 1.29 is 49.0 Å². The predicted octanol–water partition coefficient (Wildman–Crippen LogP) is 5.87. The maximum atomic E-state index is 13.3. The normalized spacial score (nSPS) is 13.6. The van der Waals surface area contributed by atoms with Gasteiger partial charge in [0.25, 0.3) is 0 Å². The van der Waals surface area contributed by atoms with Crippen LogP contribution < -0.4 is 0 Å². The lowest BCUT2D eigenvalue weighted by Gasteiger charge is -2.25. The van der Waals surface area contributed by atoms with Crippen molar-refractivity contribution >= 4 is 5.97 Å². The molecule has 2 nitrogen and oxygen atoms in total. The molecule has 0 bridgehead atoms. The van der Waals surface area contributed by atoms with Gasteiger partial charge in [0.1, 0.15) is 0 Å². The Balaban J connectivity index is 4.12. The van der Waals surface area contributed by atoms with E-state index in [0.717, 1.165) is 0 Å². The van der Waals surface area contributed by atoms with E-state index in [1.165, 1.54) is 0 Å². The van der Waals surface area contributed by atoms with Crippen molar-refractivity contribution in [2.75, 3.05) is 0 Å². The molecule has 25 heavy (non-hydrogen) atoms. The van der Waals surface area contributed by atoms with Crippen LogP contribution in [-0.4, -0.2) is 30.1 Å². The monoisotopic (exact) mass is 388 g/mol. The van der Waals surface area contributed by atoms with Gasteiger partial charge in [-0.3, -0.25) is 0 Å². The van der Waals surface area contributed by atoms with Crippen molar-refractivity contribution in [1.29, 1.82) is 0 Å². The molecule has 0 heterocycles. The molecule has 0 saturated heterocycles. The van der Waals surface area contributed by atoms with E-state index in [9.17, 15) is 44.3 Å². The van der Waals surface area contributed by atoms with E-state index < -0.39 is 55.8 Å². The molecule has 0 aliphatic carbocycles. The van der Waals surface area contributed by atoms with E-state index >= 15 is 0 Å². The van der Waals surface area contributed by atoms with Crippen LogP contribution in [-0.2, 0) is 9.53 Å². The minimum absolute atomic E-state index is 0.0159. The largest absolute Gasteiger partial charge is 0.466 e. The number of carbonyl (C=O) groups excluding carboxylic acids is 1. The predicted molar refractivity (Wildman–Crippen MR) is 69.5 cm³/mol. The number of unbranched alkanes of at least 4 members (excludes halogenated alkanes) is 4. The number of alkyl halides is 9. The molecule has 0 saturated carbocycles. The summed E-state index contributed by atoms with van der Waals surface area (Å²) in [6.07, 6.45) is -14.3. The van der Waals surface area contributed by atoms with E-state index in [4.69, 9.17) is 0 Å². The molecule has 0 aromatic heterocycles. The molecule has 0 unspecified atom stereocenters.